The van der Waals surface area contributed by atoms with Crippen molar-refractivity contribution in [1.82, 2.24) is 14.8 Å². The predicted molar refractivity (Wildman–Crippen MR) is 148 cm³/mol. The third-order valence-electron chi connectivity index (χ3n) is 5.58. The molecule has 4 rings (SSSR count). The van der Waals surface area contributed by atoms with Crippen LogP contribution < -0.4 is 5.32 Å². The summed E-state index contributed by atoms with van der Waals surface area (Å²) in [6, 6.07) is 9.54. The number of thiophene rings is 2. The molecule has 0 bridgehead atoms. The minimum absolute atomic E-state index is 0.109. The molecule has 186 valence electrons. The molecule has 0 fully saturated rings. The second kappa shape index (κ2) is 11.7. The second-order valence-corrected chi connectivity index (χ2v) is 10.7. The molecule has 0 saturated carbocycles. The van der Waals surface area contributed by atoms with Gasteiger partial charge in [0.2, 0.25) is 5.91 Å². The van der Waals surface area contributed by atoms with Crippen LogP contribution in [-0.2, 0) is 22.5 Å². The van der Waals surface area contributed by atoms with E-state index in [0.717, 1.165) is 28.9 Å². The minimum atomic E-state index is -0.494. The molecule has 0 saturated heterocycles. The molecular weight excluding hydrogens is 513 g/mol. The van der Waals surface area contributed by atoms with Gasteiger partial charge in [-0.1, -0.05) is 55.1 Å². The summed E-state index contributed by atoms with van der Waals surface area (Å²) >= 11 is 4.29. The summed E-state index contributed by atoms with van der Waals surface area (Å²) in [6.07, 6.45) is 2.70. The third kappa shape index (κ3) is 5.30. The Morgan fingerprint density at radius 1 is 1.17 bits per heavy atom. The van der Waals surface area contributed by atoms with Crippen LogP contribution in [0, 0.1) is 6.92 Å². The van der Waals surface area contributed by atoms with E-state index in [4.69, 9.17) is 4.74 Å². The highest BCUT2D eigenvalue weighted by atomic mass is 32.2. The van der Waals surface area contributed by atoms with Crippen LogP contribution in [0.15, 0.2) is 58.9 Å². The third-order valence-corrected chi connectivity index (χ3v) is 8.39. The fourth-order valence-electron chi connectivity index (χ4n) is 3.87. The maximum Gasteiger partial charge on any atom is 0.341 e. The molecular formula is C26H26N4O3S3. The molecule has 0 aliphatic rings. The number of allylic oxidation sites excluding steroid dienone is 1. The summed E-state index contributed by atoms with van der Waals surface area (Å²) in [4.78, 5) is 26.7. The lowest BCUT2D eigenvalue weighted by atomic mass is 10.0. The second-order valence-electron chi connectivity index (χ2n) is 7.79. The molecule has 0 aliphatic heterocycles. The van der Waals surface area contributed by atoms with Crippen molar-refractivity contribution in [2.24, 2.45) is 0 Å². The number of nitrogens with zero attached hydrogens (tertiary/aromatic N) is 3. The van der Waals surface area contributed by atoms with E-state index >= 15 is 0 Å². The van der Waals surface area contributed by atoms with Crippen LogP contribution in [-0.4, -0.2) is 39.5 Å². The monoisotopic (exact) mass is 538 g/mol. The topological polar surface area (TPSA) is 86.1 Å². The number of hydrogen-bond donors (Lipinski definition) is 1. The van der Waals surface area contributed by atoms with E-state index in [-0.39, 0.29) is 11.7 Å². The van der Waals surface area contributed by atoms with Crippen molar-refractivity contribution < 1.29 is 14.3 Å². The number of thioether (sulfide) groups is 1. The Balaban J connectivity index is 1.53. The average molecular weight is 539 g/mol. The number of carbonyl (C=O) groups excluding carboxylic acids is 2. The van der Waals surface area contributed by atoms with Crippen molar-refractivity contribution in [3.05, 3.63) is 69.8 Å². The van der Waals surface area contributed by atoms with E-state index in [1.54, 1.807) is 17.4 Å². The molecule has 36 heavy (non-hydrogen) atoms. The summed E-state index contributed by atoms with van der Waals surface area (Å²) in [5.74, 6) is 0.142. The van der Waals surface area contributed by atoms with Crippen molar-refractivity contribution in [3.63, 3.8) is 0 Å². The van der Waals surface area contributed by atoms with E-state index in [1.807, 2.05) is 40.3 Å². The molecule has 0 aliphatic carbocycles. The maximum absolute atomic E-state index is 12.9. The summed E-state index contributed by atoms with van der Waals surface area (Å²) in [5, 5.41) is 16.7. The lowest BCUT2D eigenvalue weighted by molar-refractivity contribution is -0.113. The van der Waals surface area contributed by atoms with E-state index in [0.29, 0.717) is 22.3 Å². The smallest absolute Gasteiger partial charge is 0.341 e. The van der Waals surface area contributed by atoms with Crippen molar-refractivity contribution >= 4 is 51.3 Å². The zero-order valence-corrected chi connectivity index (χ0v) is 22.7. The quantitative estimate of drug-likeness (QED) is 0.145. The van der Waals surface area contributed by atoms with E-state index in [1.165, 1.54) is 40.6 Å². The van der Waals surface area contributed by atoms with Crippen molar-refractivity contribution in [1.29, 1.82) is 0 Å². The molecule has 10 heteroatoms. The van der Waals surface area contributed by atoms with Crippen LogP contribution in [0.4, 0.5) is 5.00 Å². The number of nitrogens with one attached hydrogen (secondary N) is 1. The van der Waals surface area contributed by atoms with E-state index in [2.05, 4.69) is 41.3 Å². The van der Waals surface area contributed by atoms with Gasteiger partial charge in [-0.25, -0.2) is 4.79 Å². The van der Waals surface area contributed by atoms with Crippen molar-refractivity contribution in [2.45, 2.75) is 32.0 Å². The number of ether oxygens (including phenoxy) is 1. The highest BCUT2D eigenvalue weighted by Gasteiger charge is 2.23. The van der Waals surface area contributed by atoms with Crippen LogP contribution >= 0.6 is 34.4 Å². The Kier molecular flexibility index (Phi) is 8.40. The lowest BCUT2D eigenvalue weighted by Gasteiger charge is -2.09. The largest absolute Gasteiger partial charge is 0.465 e. The van der Waals surface area contributed by atoms with Gasteiger partial charge in [0.15, 0.2) is 11.0 Å². The van der Waals surface area contributed by atoms with Gasteiger partial charge in [0, 0.05) is 33.3 Å². The number of aryl methyl sites for hydroxylation is 1. The first-order valence-corrected chi connectivity index (χ1v) is 14.0. The Labute approximate surface area is 222 Å². The van der Waals surface area contributed by atoms with Crippen LogP contribution in [0.2, 0.25) is 0 Å². The fourth-order valence-corrected chi connectivity index (χ4v) is 6.53. The van der Waals surface area contributed by atoms with Gasteiger partial charge in [-0.15, -0.1) is 39.4 Å². The number of methoxy groups -OCH3 is 1. The molecule has 1 N–H and O–H groups in total. The zero-order valence-electron chi connectivity index (χ0n) is 20.2. The molecule has 0 unspecified atom stereocenters. The van der Waals surface area contributed by atoms with Gasteiger partial charge in [-0.3, -0.25) is 9.36 Å². The minimum Gasteiger partial charge on any atom is -0.465 e. The van der Waals surface area contributed by atoms with Crippen LogP contribution in [0.1, 0.15) is 27.7 Å². The Hall–Kier alpha value is -3.21. The molecule has 1 aromatic carbocycles. The van der Waals surface area contributed by atoms with Gasteiger partial charge in [0.1, 0.15) is 10.6 Å². The van der Waals surface area contributed by atoms with E-state index in [9.17, 15) is 9.59 Å². The molecule has 3 aromatic heterocycles. The van der Waals surface area contributed by atoms with Crippen LogP contribution in [0.3, 0.4) is 0 Å². The SMILES string of the molecule is C=CCn1c(SCC(=O)Nc2scc(-c3ccccc3)c2C(=O)OC)nnc1-c1csc(C)c1CC. The van der Waals surface area contributed by atoms with Crippen LogP contribution in [0.5, 0.6) is 0 Å². The number of benzene rings is 1. The van der Waals surface area contributed by atoms with Gasteiger partial charge in [0.25, 0.3) is 0 Å². The molecule has 1 amide bonds. The van der Waals surface area contributed by atoms with Crippen LogP contribution in [0.25, 0.3) is 22.5 Å². The Bertz CT molecular complexity index is 1390. The number of hydrogen-bond acceptors (Lipinski definition) is 8. The normalized spacial score (nSPS) is 10.9. The molecule has 3 heterocycles. The zero-order chi connectivity index (χ0) is 25.7. The number of amides is 1. The summed E-state index contributed by atoms with van der Waals surface area (Å²) in [7, 11) is 1.33. The average Bonchev–Trinajstić information content (AvgIpc) is 3.59. The number of esters is 1. The molecule has 0 atom stereocenters. The number of rotatable bonds is 10. The highest BCUT2D eigenvalue weighted by Crippen LogP contribution is 2.37. The lowest BCUT2D eigenvalue weighted by Crippen LogP contribution is -2.16. The molecule has 0 spiro atoms. The summed E-state index contributed by atoms with van der Waals surface area (Å²) in [6.45, 7) is 8.63. The molecule has 4 aromatic rings. The first-order valence-electron chi connectivity index (χ1n) is 11.3. The first-order chi connectivity index (χ1) is 17.5. The number of aromatic nitrogens is 3. The van der Waals surface area contributed by atoms with Gasteiger partial charge >= 0.3 is 5.97 Å². The van der Waals surface area contributed by atoms with Gasteiger partial charge in [-0.05, 0) is 24.5 Å². The Morgan fingerprint density at radius 2 is 1.92 bits per heavy atom. The predicted octanol–water partition coefficient (Wildman–Crippen LogP) is 6.31. The number of anilines is 1. The standard InChI is InChI=1S/C26H26N4O3S3/c1-5-12-30-23(20-14-34-16(3)18(20)6-2)28-29-26(30)36-15-21(31)27-24-22(25(32)33-4)19(13-35-24)17-10-8-7-9-11-17/h5,7-11,13-14H,1,6,12,15H2,2-4H3,(H,27,31). The number of carbonyl (C=O) groups is 2. The summed E-state index contributed by atoms with van der Waals surface area (Å²) in [5.41, 5.74) is 4.28. The fraction of sp³-hybridized carbons (Fsp3) is 0.231. The molecule has 0 radical (unpaired) electrons. The Morgan fingerprint density at radius 3 is 2.61 bits per heavy atom. The highest BCUT2D eigenvalue weighted by molar-refractivity contribution is 7.99. The molecule has 7 nitrogen and oxygen atoms in total. The first kappa shape index (κ1) is 25.9. The van der Waals surface area contributed by atoms with E-state index < -0.39 is 5.97 Å². The van der Waals surface area contributed by atoms with Crippen molar-refractivity contribution in [2.75, 3.05) is 18.2 Å². The van der Waals surface area contributed by atoms with Crippen molar-refractivity contribution in [3.8, 4) is 22.5 Å². The van der Waals surface area contributed by atoms with Gasteiger partial charge < -0.3 is 10.1 Å². The van der Waals surface area contributed by atoms with Gasteiger partial charge in [0.05, 0.1) is 12.9 Å². The van der Waals surface area contributed by atoms with Gasteiger partial charge in [-0.2, -0.15) is 0 Å². The maximum atomic E-state index is 12.9. The summed E-state index contributed by atoms with van der Waals surface area (Å²) < 4.78 is 6.97.